The molecule has 0 saturated carbocycles. The van der Waals surface area contributed by atoms with Crippen molar-refractivity contribution in [2.45, 2.75) is 58.5 Å². The van der Waals surface area contributed by atoms with Gasteiger partial charge in [-0.15, -0.1) is 0 Å². The maximum atomic E-state index is 13.5. The van der Waals surface area contributed by atoms with Crippen LogP contribution in [0.4, 0.5) is 0 Å². The molecule has 0 spiro atoms. The predicted molar refractivity (Wildman–Crippen MR) is 171 cm³/mol. The van der Waals surface area contributed by atoms with Crippen molar-refractivity contribution in [3.63, 3.8) is 0 Å². The number of hydrogen-bond donors (Lipinski definition) is 4. The molecule has 4 amide bonds. The molecule has 1 aliphatic heterocycles. The molecule has 0 fully saturated rings. The first kappa shape index (κ1) is 33.9. The summed E-state index contributed by atoms with van der Waals surface area (Å²) in [5.41, 5.74) is 1.93. The van der Waals surface area contributed by atoms with Crippen LogP contribution in [0.1, 0.15) is 77.0 Å². The van der Waals surface area contributed by atoms with E-state index in [0.29, 0.717) is 73.0 Å². The van der Waals surface area contributed by atoms with Crippen LogP contribution in [-0.4, -0.2) is 83.4 Å². The van der Waals surface area contributed by atoms with Crippen LogP contribution in [0.25, 0.3) is 11.0 Å². The van der Waals surface area contributed by atoms with Crippen molar-refractivity contribution in [3.05, 3.63) is 69.6 Å². The second kappa shape index (κ2) is 15.9. The van der Waals surface area contributed by atoms with Gasteiger partial charge >= 0.3 is 11.7 Å². The van der Waals surface area contributed by atoms with Crippen molar-refractivity contribution >= 4 is 40.6 Å². The van der Waals surface area contributed by atoms with Crippen LogP contribution < -0.4 is 21.6 Å². The molecule has 2 atom stereocenters. The quantitative estimate of drug-likeness (QED) is 0.319. The smallest absolute Gasteiger partial charge is 0.337 e. The first-order chi connectivity index (χ1) is 22.1. The molecule has 3 aromatic rings. The fourth-order valence-electron chi connectivity index (χ4n) is 5.39. The van der Waals surface area contributed by atoms with Gasteiger partial charge in [-0.05, 0) is 67.6 Å². The van der Waals surface area contributed by atoms with Crippen molar-refractivity contribution in [1.82, 2.24) is 30.4 Å². The van der Waals surface area contributed by atoms with E-state index in [4.69, 9.17) is 4.74 Å². The standard InChI is InChI=1S/C33H42N6O7/c1-4-21(2)28-30(42)35-16-7-19-39-26-20-24(13-14-25(26)36-33(39)45)29(41)34-15-6-18-38(17-5-8-27(40)37-28)31(43)22-9-11-23(12-10-22)32(44)46-3/h9-14,20-21,28H,4-8,15-19H2,1-3H3,(H,34,41)(H,35,42)(H,36,45)(H,37,40)/t21-,28-/m0/s1. The Kier molecular flexibility index (Phi) is 11.7. The van der Waals surface area contributed by atoms with Crippen LogP contribution in [-0.2, 0) is 20.9 Å². The lowest BCUT2D eigenvalue weighted by Crippen LogP contribution is -2.50. The van der Waals surface area contributed by atoms with Gasteiger partial charge in [0, 0.05) is 50.3 Å². The number of carbonyl (C=O) groups excluding carboxylic acids is 5. The molecule has 4 N–H and O–H groups in total. The molecule has 2 heterocycles. The van der Waals surface area contributed by atoms with Crippen LogP contribution in [0.2, 0.25) is 0 Å². The summed E-state index contributed by atoms with van der Waals surface area (Å²) < 4.78 is 6.27. The maximum absolute atomic E-state index is 13.5. The lowest BCUT2D eigenvalue weighted by atomic mass is 9.98. The number of H-pyrrole nitrogens is 1. The van der Waals surface area contributed by atoms with Gasteiger partial charge in [-0.1, -0.05) is 20.3 Å². The van der Waals surface area contributed by atoms with Crippen LogP contribution in [0, 0.1) is 5.92 Å². The third-order valence-corrected chi connectivity index (χ3v) is 8.27. The largest absolute Gasteiger partial charge is 0.465 e. The summed E-state index contributed by atoms with van der Waals surface area (Å²) in [6.07, 6.45) is 2.04. The number of esters is 1. The molecular weight excluding hydrogens is 592 g/mol. The average molecular weight is 635 g/mol. The van der Waals surface area contributed by atoms with Gasteiger partial charge in [-0.2, -0.15) is 0 Å². The molecule has 2 aromatic carbocycles. The van der Waals surface area contributed by atoms with E-state index in [9.17, 15) is 28.8 Å². The number of aromatic amines is 1. The summed E-state index contributed by atoms with van der Waals surface area (Å²) in [7, 11) is 1.28. The van der Waals surface area contributed by atoms with E-state index in [1.807, 2.05) is 13.8 Å². The molecule has 0 aliphatic carbocycles. The van der Waals surface area contributed by atoms with Crippen LogP contribution in [0.5, 0.6) is 0 Å². The van der Waals surface area contributed by atoms with Gasteiger partial charge < -0.3 is 30.6 Å². The van der Waals surface area contributed by atoms with Crippen LogP contribution >= 0.6 is 0 Å². The Labute approximate surface area is 267 Å². The molecule has 1 aromatic heterocycles. The van der Waals surface area contributed by atoms with Crippen molar-refractivity contribution in [3.8, 4) is 0 Å². The third kappa shape index (κ3) is 8.40. The number of methoxy groups -OCH3 is 1. The lowest BCUT2D eigenvalue weighted by Gasteiger charge is -2.25. The fourth-order valence-corrected chi connectivity index (χ4v) is 5.39. The van der Waals surface area contributed by atoms with E-state index in [2.05, 4.69) is 20.9 Å². The molecule has 1 aliphatic rings. The number of aromatic nitrogens is 2. The molecule has 46 heavy (non-hydrogen) atoms. The highest BCUT2D eigenvalue weighted by atomic mass is 16.5. The molecule has 0 saturated heterocycles. The van der Waals surface area contributed by atoms with Crippen molar-refractivity contribution in [2.75, 3.05) is 33.3 Å². The number of ether oxygens (including phenoxy) is 1. The number of hydrogen-bond acceptors (Lipinski definition) is 7. The number of nitrogens with zero attached hydrogens (tertiary/aromatic N) is 2. The molecule has 246 valence electrons. The van der Waals surface area contributed by atoms with Gasteiger partial charge in [-0.3, -0.25) is 23.7 Å². The summed E-state index contributed by atoms with van der Waals surface area (Å²) in [6, 6.07) is 10.4. The minimum absolute atomic E-state index is 0.101. The zero-order valence-corrected chi connectivity index (χ0v) is 26.5. The van der Waals surface area contributed by atoms with Crippen LogP contribution in [0.3, 0.4) is 0 Å². The van der Waals surface area contributed by atoms with Gasteiger partial charge in [0.25, 0.3) is 11.8 Å². The fraction of sp³-hybridized carbons (Fsp3) is 0.455. The summed E-state index contributed by atoms with van der Waals surface area (Å²) in [6.45, 7) is 5.30. The SMILES string of the molecule is CC[C@H](C)[C@@H]1NC(=O)CCCN(C(=O)c2ccc(C(=O)OC)cc2)CCCNC(=O)c2ccc3[nH]c(=O)n(c3c2)CCCNC1=O. The molecular formula is C33H42N6O7. The van der Waals surface area contributed by atoms with E-state index >= 15 is 0 Å². The van der Waals surface area contributed by atoms with Gasteiger partial charge in [0.1, 0.15) is 6.04 Å². The number of amides is 4. The Morgan fingerprint density at radius 3 is 2.30 bits per heavy atom. The number of aryl methyl sites for hydroxylation is 1. The molecule has 13 heteroatoms. The topological polar surface area (TPSA) is 172 Å². The highest BCUT2D eigenvalue weighted by Crippen LogP contribution is 2.15. The zero-order valence-electron chi connectivity index (χ0n) is 26.5. The molecule has 2 bridgehead atoms. The Hall–Kier alpha value is -4.94. The van der Waals surface area contributed by atoms with Crippen molar-refractivity contribution in [2.24, 2.45) is 5.92 Å². The first-order valence-electron chi connectivity index (χ1n) is 15.7. The Morgan fingerprint density at radius 1 is 0.913 bits per heavy atom. The van der Waals surface area contributed by atoms with E-state index in [1.54, 1.807) is 35.2 Å². The second-order valence-electron chi connectivity index (χ2n) is 11.5. The van der Waals surface area contributed by atoms with E-state index in [-0.39, 0.29) is 54.7 Å². The average Bonchev–Trinajstić information content (AvgIpc) is 3.38. The number of benzene rings is 2. The first-order valence-corrected chi connectivity index (χ1v) is 15.7. The molecule has 13 nitrogen and oxygen atoms in total. The summed E-state index contributed by atoms with van der Waals surface area (Å²) in [5.74, 6) is -1.82. The highest BCUT2D eigenvalue weighted by molar-refractivity contribution is 5.98. The van der Waals surface area contributed by atoms with Crippen LogP contribution in [0.15, 0.2) is 47.3 Å². The Morgan fingerprint density at radius 2 is 1.59 bits per heavy atom. The number of nitrogens with one attached hydrogen (secondary N) is 4. The summed E-state index contributed by atoms with van der Waals surface area (Å²) >= 11 is 0. The number of carbonyl (C=O) groups is 5. The number of imidazole rings is 1. The Balaban J connectivity index is 1.55. The zero-order chi connectivity index (χ0) is 33.2. The highest BCUT2D eigenvalue weighted by Gasteiger charge is 2.26. The van der Waals surface area contributed by atoms with E-state index < -0.39 is 12.0 Å². The third-order valence-electron chi connectivity index (χ3n) is 8.27. The van der Waals surface area contributed by atoms with Gasteiger partial charge in [0.05, 0.1) is 23.7 Å². The summed E-state index contributed by atoms with van der Waals surface area (Å²) in [5, 5.41) is 8.64. The van der Waals surface area contributed by atoms with Gasteiger partial charge in [0.2, 0.25) is 11.8 Å². The number of fused-ring (bicyclic) bond motifs is 1. The van der Waals surface area contributed by atoms with Gasteiger partial charge in [0.15, 0.2) is 0 Å². The lowest BCUT2D eigenvalue weighted by molar-refractivity contribution is -0.130. The maximum Gasteiger partial charge on any atom is 0.337 e. The molecule has 0 radical (unpaired) electrons. The molecule has 4 rings (SSSR count). The van der Waals surface area contributed by atoms with Crippen molar-refractivity contribution in [1.29, 1.82) is 0 Å². The Bertz CT molecular complexity index is 1630. The van der Waals surface area contributed by atoms with E-state index in [1.165, 1.54) is 23.8 Å². The number of rotatable bonds is 4. The molecule has 0 unspecified atom stereocenters. The van der Waals surface area contributed by atoms with Gasteiger partial charge in [-0.25, -0.2) is 9.59 Å². The van der Waals surface area contributed by atoms with E-state index in [0.717, 1.165) is 0 Å². The normalized spacial score (nSPS) is 18.2. The summed E-state index contributed by atoms with van der Waals surface area (Å²) in [4.78, 5) is 81.5. The minimum atomic E-state index is -0.729. The second-order valence-corrected chi connectivity index (χ2v) is 11.5. The minimum Gasteiger partial charge on any atom is -0.465 e. The monoisotopic (exact) mass is 634 g/mol. The van der Waals surface area contributed by atoms with Crippen molar-refractivity contribution < 1.29 is 28.7 Å². The predicted octanol–water partition coefficient (Wildman–Crippen LogP) is 2.21.